The fraction of sp³-hybridized carbons (Fsp3) is 0. The Morgan fingerprint density at radius 2 is 2.09 bits per heavy atom. The summed E-state index contributed by atoms with van der Waals surface area (Å²) in [5.74, 6) is 0.412. The Labute approximate surface area is 140 Å². The van der Waals surface area contributed by atoms with Gasteiger partial charge in [-0.1, -0.05) is 6.07 Å². The number of carbonyl (C=O) groups is 1. The SMILES string of the molecule is O=C1Nc2ncc(Br)cc2C1=CNc1ccc2ncccc2c1. The van der Waals surface area contributed by atoms with Crippen LogP contribution in [-0.2, 0) is 4.79 Å². The van der Waals surface area contributed by atoms with Crippen LogP contribution in [0, 0.1) is 0 Å². The number of benzene rings is 1. The number of halogens is 1. The molecule has 6 heteroatoms. The van der Waals surface area contributed by atoms with Gasteiger partial charge in [-0.3, -0.25) is 9.78 Å². The lowest BCUT2D eigenvalue weighted by Crippen LogP contribution is -2.05. The molecule has 0 spiro atoms. The van der Waals surface area contributed by atoms with E-state index in [-0.39, 0.29) is 5.91 Å². The second kappa shape index (κ2) is 5.48. The summed E-state index contributed by atoms with van der Waals surface area (Å²) in [7, 11) is 0. The van der Waals surface area contributed by atoms with Crippen molar-refractivity contribution in [2.45, 2.75) is 0 Å². The van der Waals surface area contributed by atoms with Crippen LogP contribution in [0.5, 0.6) is 0 Å². The van der Waals surface area contributed by atoms with Gasteiger partial charge < -0.3 is 10.6 Å². The Balaban J connectivity index is 1.68. The van der Waals surface area contributed by atoms with Crippen LogP contribution < -0.4 is 10.6 Å². The highest BCUT2D eigenvalue weighted by atomic mass is 79.9. The van der Waals surface area contributed by atoms with Crippen LogP contribution >= 0.6 is 15.9 Å². The van der Waals surface area contributed by atoms with Crippen LogP contribution in [0.15, 0.2) is 59.5 Å². The molecule has 3 aromatic rings. The van der Waals surface area contributed by atoms with Crippen LogP contribution in [-0.4, -0.2) is 15.9 Å². The average molecular weight is 367 g/mol. The van der Waals surface area contributed by atoms with Crippen molar-refractivity contribution in [2.75, 3.05) is 10.6 Å². The smallest absolute Gasteiger partial charge is 0.259 e. The molecule has 0 fully saturated rings. The molecule has 1 aliphatic rings. The summed E-state index contributed by atoms with van der Waals surface area (Å²) in [5.41, 5.74) is 3.16. The Morgan fingerprint density at radius 3 is 3.00 bits per heavy atom. The fourth-order valence-corrected chi connectivity index (χ4v) is 2.84. The molecule has 0 radical (unpaired) electrons. The number of amides is 1. The van der Waals surface area contributed by atoms with E-state index >= 15 is 0 Å². The molecule has 4 rings (SSSR count). The normalized spacial score (nSPS) is 14.8. The van der Waals surface area contributed by atoms with E-state index < -0.39 is 0 Å². The summed E-state index contributed by atoms with van der Waals surface area (Å²) in [6, 6.07) is 11.6. The average Bonchev–Trinajstić information content (AvgIpc) is 2.87. The number of anilines is 2. The van der Waals surface area contributed by atoms with Gasteiger partial charge in [0.2, 0.25) is 0 Å². The maximum absolute atomic E-state index is 12.1. The third kappa shape index (κ3) is 2.57. The van der Waals surface area contributed by atoms with Crippen LogP contribution in [0.25, 0.3) is 16.5 Å². The van der Waals surface area contributed by atoms with Crippen molar-refractivity contribution < 1.29 is 4.79 Å². The van der Waals surface area contributed by atoms with Gasteiger partial charge in [-0.25, -0.2) is 4.98 Å². The number of nitrogens with one attached hydrogen (secondary N) is 2. The topological polar surface area (TPSA) is 66.9 Å². The molecule has 0 unspecified atom stereocenters. The first-order chi connectivity index (χ1) is 11.2. The van der Waals surface area contributed by atoms with Gasteiger partial charge in [0.05, 0.1) is 11.1 Å². The Hall–Kier alpha value is -2.73. The molecule has 5 nitrogen and oxygen atoms in total. The molecule has 0 bridgehead atoms. The van der Waals surface area contributed by atoms with Crippen LogP contribution in [0.4, 0.5) is 11.5 Å². The molecule has 2 aromatic heterocycles. The van der Waals surface area contributed by atoms with Gasteiger partial charge >= 0.3 is 0 Å². The van der Waals surface area contributed by atoms with Crippen molar-refractivity contribution >= 4 is 49.8 Å². The van der Waals surface area contributed by atoms with Crippen molar-refractivity contribution in [3.8, 4) is 0 Å². The third-order valence-electron chi connectivity index (χ3n) is 3.61. The molecule has 2 N–H and O–H groups in total. The molecule has 1 aromatic carbocycles. The Bertz CT molecular complexity index is 968. The van der Waals surface area contributed by atoms with Crippen molar-refractivity contribution in [2.24, 2.45) is 0 Å². The maximum atomic E-state index is 12.1. The summed E-state index contributed by atoms with van der Waals surface area (Å²) in [5, 5.41) is 6.97. The summed E-state index contributed by atoms with van der Waals surface area (Å²) in [6.45, 7) is 0. The molecule has 0 saturated heterocycles. The number of pyridine rings is 2. The van der Waals surface area contributed by atoms with E-state index in [0.29, 0.717) is 11.4 Å². The number of fused-ring (bicyclic) bond motifs is 2. The Kier molecular flexibility index (Phi) is 3.31. The first-order valence-electron chi connectivity index (χ1n) is 6.99. The molecular weight excluding hydrogens is 356 g/mol. The first kappa shape index (κ1) is 13.9. The second-order valence-corrected chi connectivity index (χ2v) is 6.03. The number of nitrogens with zero attached hydrogens (tertiary/aromatic N) is 2. The number of hydrogen-bond acceptors (Lipinski definition) is 4. The minimum Gasteiger partial charge on any atom is -0.361 e. The van der Waals surface area contributed by atoms with E-state index in [2.05, 4.69) is 36.5 Å². The van der Waals surface area contributed by atoms with E-state index in [9.17, 15) is 4.79 Å². The lowest BCUT2D eigenvalue weighted by molar-refractivity contribution is -0.110. The standard InChI is InChI=1S/C17H11BrN4O/c18-11-7-13-14(17(23)22-16(13)21-8-11)9-20-12-3-4-15-10(6-12)2-1-5-19-15/h1-9,20H,(H,21,22,23). The zero-order valence-electron chi connectivity index (χ0n) is 11.9. The van der Waals surface area contributed by atoms with Gasteiger partial charge in [0, 0.05) is 39.7 Å². The minimum atomic E-state index is -0.166. The highest BCUT2D eigenvalue weighted by Gasteiger charge is 2.25. The van der Waals surface area contributed by atoms with E-state index in [0.717, 1.165) is 26.6 Å². The van der Waals surface area contributed by atoms with Crippen molar-refractivity contribution in [1.82, 2.24) is 9.97 Å². The zero-order chi connectivity index (χ0) is 15.8. The zero-order valence-corrected chi connectivity index (χ0v) is 13.5. The monoisotopic (exact) mass is 366 g/mol. The van der Waals surface area contributed by atoms with Gasteiger partial charge in [-0.15, -0.1) is 0 Å². The van der Waals surface area contributed by atoms with Crippen molar-refractivity contribution in [3.05, 3.63) is 65.0 Å². The summed E-state index contributed by atoms with van der Waals surface area (Å²) in [6.07, 6.45) is 5.13. The van der Waals surface area contributed by atoms with Crippen LogP contribution in [0.3, 0.4) is 0 Å². The molecule has 0 atom stereocenters. The molecule has 1 aliphatic heterocycles. The quantitative estimate of drug-likeness (QED) is 0.677. The number of hydrogen-bond donors (Lipinski definition) is 2. The van der Waals surface area contributed by atoms with E-state index in [1.807, 2.05) is 36.4 Å². The summed E-state index contributed by atoms with van der Waals surface area (Å²) < 4.78 is 0.829. The highest BCUT2D eigenvalue weighted by molar-refractivity contribution is 9.10. The molecule has 0 saturated carbocycles. The summed E-state index contributed by atoms with van der Waals surface area (Å²) >= 11 is 3.38. The van der Waals surface area contributed by atoms with E-state index in [1.54, 1.807) is 18.6 Å². The molecule has 23 heavy (non-hydrogen) atoms. The number of rotatable bonds is 2. The van der Waals surface area contributed by atoms with Crippen molar-refractivity contribution in [1.29, 1.82) is 0 Å². The minimum absolute atomic E-state index is 0.166. The molecular formula is C17H11BrN4O. The van der Waals surface area contributed by atoms with Gasteiger partial charge in [0.1, 0.15) is 5.82 Å². The maximum Gasteiger partial charge on any atom is 0.259 e. The molecule has 3 heterocycles. The van der Waals surface area contributed by atoms with E-state index in [4.69, 9.17) is 0 Å². The first-order valence-corrected chi connectivity index (χ1v) is 7.79. The van der Waals surface area contributed by atoms with Gasteiger partial charge in [0.25, 0.3) is 5.91 Å². The lowest BCUT2D eigenvalue weighted by atomic mass is 10.1. The lowest BCUT2D eigenvalue weighted by Gasteiger charge is -2.04. The predicted molar refractivity (Wildman–Crippen MR) is 93.9 cm³/mol. The van der Waals surface area contributed by atoms with E-state index in [1.165, 1.54) is 0 Å². The van der Waals surface area contributed by atoms with Crippen molar-refractivity contribution in [3.63, 3.8) is 0 Å². The predicted octanol–water partition coefficient (Wildman–Crippen LogP) is 3.80. The van der Waals surface area contributed by atoms with Gasteiger partial charge in [-0.05, 0) is 46.3 Å². The summed E-state index contributed by atoms with van der Waals surface area (Å²) in [4.78, 5) is 20.6. The second-order valence-electron chi connectivity index (χ2n) is 5.12. The molecule has 0 aliphatic carbocycles. The molecule has 112 valence electrons. The molecule has 1 amide bonds. The van der Waals surface area contributed by atoms with Crippen LogP contribution in [0.2, 0.25) is 0 Å². The fourth-order valence-electron chi connectivity index (χ4n) is 2.51. The van der Waals surface area contributed by atoms with Gasteiger partial charge in [-0.2, -0.15) is 0 Å². The number of aromatic nitrogens is 2. The largest absolute Gasteiger partial charge is 0.361 e. The highest BCUT2D eigenvalue weighted by Crippen LogP contribution is 2.31. The Morgan fingerprint density at radius 1 is 1.17 bits per heavy atom. The third-order valence-corrected chi connectivity index (χ3v) is 4.04. The van der Waals surface area contributed by atoms with Gasteiger partial charge in [0.15, 0.2) is 0 Å². The van der Waals surface area contributed by atoms with Crippen LogP contribution in [0.1, 0.15) is 5.56 Å². The number of carbonyl (C=O) groups excluding carboxylic acids is 1.